The summed E-state index contributed by atoms with van der Waals surface area (Å²) in [6.45, 7) is 4.39. The van der Waals surface area contributed by atoms with Crippen LogP contribution >= 0.6 is 0 Å². The zero-order chi connectivity index (χ0) is 12.6. The van der Waals surface area contributed by atoms with Crippen LogP contribution in [0.25, 0.3) is 0 Å². The molecule has 0 aliphatic heterocycles. The standard InChI is InChI=1S/C17H31/c1-3-5-7-9-11-13-15-17-16-14-12-10-8-6-4-2/h8,10,12H,3-5,7,9,11,13-17H2,1-2H3. The lowest BCUT2D eigenvalue weighted by Crippen LogP contribution is -1.80. The first-order chi connectivity index (χ1) is 8.41. The Morgan fingerprint density at radius 3 is 1.94 bits per heavy atom. The van der Waals surface area contributed by atoms with E-state index in [1.807, 2.05) is 6.08 Å². The van der Waals surface area contributed by atoms with E-state index in [0.29, 0.717) is 0 Å². The normalized spacial score (nSPS) is 11.9. The van der Waals surface area contributed by atoms with Crippen LogP contribution in [0.5, 0.6) is 0 Å². The molecule has 0 aromatic heterocycles. The molecule has 0 rings (SSSR count). The van der Waals surface area contributed by atoms with E-state index in [-0.39, 0.29) is 0 Å². The molecule has 1 radical (unpaired) electrons. The molecule has 0 unspecified atom stereocenters. The molecule has 0 saturated heterocycles. The highest BCUT2D eigenvalue weighted by atomic mass is 14.0. The highest BCUT2D eigenvalue weighted by Gasteiger charge is 1.90. The maximum absolute atomic E-state index is 3.17. The average Bonchev–Trinajstić information content (AvgIpc) is 2.35. The zero-order valence-corrected chi connectivity index (χ0v) is 12.0. The number of hydrogen-bond donors (Lipinski definition) is 0. The molecular weight excluding hydrogens is 204 g/mol. The summed E-state index contributed by atoms with van der Waals surface area (Å²) in [5.41, 5.74) is 0. The van der Waals surface area contributed by atoms with Gasteiger partial charge in [-0.2, -0.15) is 0 Å². The van der Waals surface area contributed by atoms with Crippen LogP contribution in [0.1, 0.15) is 84.5 Å². The van der Waals surface area contributed by atoms with Gasteiger partial charge in [0.05, 0.1) is 0 Å². The highest BCUT2D eigenvalue weighted by molar-refractivity contribution is 4.98. The van der Waals surface area contributed by atoms with Crippen molar-refractivity contribution in [2.45, 2.75) is 84.5 Å². The Labute approximate surface area is 109 Å². The van der Waals surface area contributed by atoms with E-state index in [1.165, 1.54) is 64.2 Å². The van der Waals surface area contributed by atoms with Gasteiger partial charge in [-0.1, -0.05) is 83.4 Å². The van der Waals surface area contributed by atoms with Crippen LogP contribution in [-0.2, 0) is 0 Å². The Bertz CT molecular complexity index is 176. The number of rotatable bonds is 12. The molecule has 0 aliphatic rings. The molecular formula is C17H31. The Kier molecular flexibility index (Phi) is 15.0. The molecule has 99 valence electrons. The molecule has 0 fully saturated rings. The van der Waals surface area contributed by atoms with E-state index in [0.717, 1.165) is 6.42 Å². The summed E-state index contributed by atoms with van der Waals surface area (Å²) in [5, 5.41) is 0. The Hall–Kier alpha value is -0.520. The second kappa shape index (κ2) is 15.5. The molecule has 0 aromatic rings. The van der Waals surface area contributed by atoms with Crippen LogP contribution in [0.4, 0.5) is 0 Å². The fraction of sp³-hybridized carbons (Fsp3) is 0.765. The number of hydrogen-bond acceptors (Lipinski definition) is 0. The van der Waals surface area contributed by atoms with Crippen LogP contribution in [0.2, 0.25) is 0 Å². The third kappa shape index (κ3) is 15.5. The minimum Gasteiger partial charge on any atom is -0.0845 e. The van der Waals surface area contributed by atoms with E-state index < -0.39 is 0 Å². The Balaban J connectivity index is 3.03. The van der Waals surface area contributed by atoms with Crippen molar-refractivity contribution in [3.05, 3.63) is 24.3 Å². The maximum atomic E-state index is 3.17. The number of allylic oxidation sites excluding steroid dienone is 4. The summed E-state index contributed by atoms with van der Waals surface area (Å²) >= 11 is 0. The first kappa shape index (κ1) is 16.5. The Morgan fingerprint density at radius 1 is 0.765 bits per heavy atom. The largest absolute Gasteiger partial charge is 0.0845 e. The molecule has 0 spiro atoms. The topological polar surface area (TPSA) is 0 Å². The minimum atomic E-state index is 1.02. The molecule has 0 nitrogen and oxygen atoms in total. The summed E-state index contributed by atoms with van der Waals surface area (Å²) in [5.74, 6) is 0. The van der Waals surface area contributed by atoms with Crippen molar-refractivity contribution in [1.29, 1.82) is 0 Å². The SMILES string of the molecule is CC/[C]=C/C=CCCCCCCCCCCC. The van der Waals surface area contributed by atoms with Crippen LogP contribution in [0.3, 0.4) is 0 Å². The van der Waals surface area contributed by atoms with Crippen LogP contribution < -0.4 is 0 Å². The summed E-state index contributed by atoms with van der Waals surface area (Å²) in [6.07, 6.45) is 24.6. The molecule has 0 amide bonds. The lowest BCUT2D eigenvalue weighted by atomic mass is 10.1. The molecule has 0 atom stereocenters. The van der Waals surface area contributed by atoms with Gasteiger partial charge >= 0.3 is 0 Å². The molecule has 0 heteroatoms. The van der Waals surface area contributed by atoms with E-state index in [9.17, 15) is 0 Å². The van der Waals surface area contributed by atoms with Crippen LogP contribution in [0, 0.1) is 6.08 Å². The van der Waals surface area contributed by atoms with Gasteiger partial charge in [0.2, 0.25) is 0 Å². The van der Waals surface area contributed by atoms with E-state index >= 15 is 0 Å². The molecule has 0 N–H and O–H groups in total. The lowest BCUT2D eigenvalue weighted by Gasteiger charge is -2.00. The van der Waals surface area contributed by atoms with E-state index in [1.54, 1.807) is 0 Å². The van der Waals surface area contributed by atoms with E-state index in [4.69, 9.17) is 0 Å². The third-order valence-electron chi connectivity index (χ3n) is 3.03. The first-order valence-corrected chi connectivity index (χ1v) is 7.63. The van der Waals surface area contributed by atoms with Crippen molar-refractivity contribution in [3.63, 3.8) is 0 Å². The molecule has 0 aliphatic carbocycles. The van der Waals surface area contributed by atoms with Gasteiger partial charge in [-0.15, -0.1) is 0 Å². The maximum Gasteiger partial charge on any atom is -0.0305 e. The zero-order valence-electron chi connectivity index (χ0n) is 12.0. The lowest BCUT2D eigenvalue weighted by molar-refractivity contribution is 0.566. The van der Waals surface area contributed by atoms with Crippen molar-refractivity contribution in [2.75, 3.05) is 0 Å². The van der Waals surface area contributed by atoms with Crippen molar-refractivity contribution >= 4 is 0 Å². The summed E-state index contributed by atoms with van der Waals surface area (Å²) in [4.78, 5) is 0. The van der Waals surface area contributed by atoms with Crippen molar-refractivity contribution in [1.82, 2.24) is 0 Å². The first-order valence-electron chi connectivity index (χ1n) is 7.63. The molecule has 0 saturated carbocycles. The van der Waals surface area contributed by atoms with Gasteiger partial charge in [0.15, 0.2) is 0 Å². The van der Waals surface area contributed by atoms with Gasteiger partial charge in [0.1, 0.15) is 0 Å². The second-order valence-electron chi connectivity index (χ2n) is 4.77. The predicted octanol–water partition coefficient (Wildman–Crippen LogP) is 6.23. The van der Waals surface area contributed by atoms with Crippen molar-refractivity contribution in [3.8, 4) is 0 Å². The van der Waals surface area contributed by atoms with E-state index in [2.05, 4.69) is 32.1 Å². The summed E-state index contributed by atoms with van der Waals surface area (Å²) < 4.78 is 0. The molecule has 0 bridgehead atoms. The van der Waals surface area contributed by atoms with Crippen molar-refractivity contribution in [2.24, 2.45) is 0 Å². The summed E-state index contributed by atoms with van der Waals surface area (Å²) in [7, 11) is 0. The molecule has 0 heterocycles. The average molecular weight is 235 g/mol. The smallest absolute Gasteiger partial charge is 0.0305 e. The minimum absolute atomic E-state index is 1.02. The van der Waals surface area contributed by atoms with Gasteiger partial charge in [-0.05, 0) is 25.3 Å². The predicted molar refractivity (Wildman–Crippen MR) is 79.1 cm³/mol. The van der Waals surface area contributed by atoms with Gasteiger partial charge < -0.3 is 0 Å². The number of unbranched alkanes of at least 4 members (excludes halogenated alkanes) is 9. The third-order valence-corrected chi connectivity index (χ3v) is 3.03. The van der Waals surface area contributed by atoms with Crippen LogP contribution in [-0.4, -0.2) is 0 Å². The fourth-order valence-electron chi connectivity index (χ4n) is 1.92. The van der Waals surface area contributed by atoms with Gasteiger partial charge in [-0.25, -0.2) is 0 Å². The molecule has 17 heavy (non-hydrogen) atoms. The quantitative estimate of drug-likeness (QED) is 0.278. The monoisotopic (exact) mass is 235 g/mol. The molecule has 0 aromatic carbocycles. The Morgan fingerprint density at radius 2 is 1.35 bits per heavy atom. The van der Waals surface area contributed by atoms with Crippen molar-refractivity contribution < 1.29 is 0 Å². The summed E-state index contributed by atoms with van der Waals surface area (Å²) in [6, 6.07) is 0. The van der Waals surface area contributed by atoms with Gasteiger partial charge in [0, 0.05) is 0 Å². The van der Waals surface area contributed by atoms with Gasteiger partial charge in [-0.3, -0.25) is 0 Å². The van der Waals surface area contributed by atoms with Gasteiger partial charge in [0.25, 0.3) is 0 Å². The fourth-order valence-corrected chi connectivity index (χ4v) is 1.92. The second-order valence-corrected chi connectivity index (χ2v) is 4.77. The van der Waals surface area contributed by atoms with Crippen LogP contribution in [0.15, 0.2) is 18.2 Å². The highest BCUT2D eigenvalue weighted by Crippen LogP contribution is 2.10.